The largest absolute Gasteiger partial charge is 0.493 e. The molecule has 1 atom stereocenters. The molecular formula is C22H31ClN4O3S. The van der Waals surface area contributed by atoms with E-state index >= 15 is 0 Å². The Balaban J connectivity index is 1.98. The van der Waals surface area contributed by atoms with E-state index in [9.17, 15) is 4.79 Å². The molecule has 1 N–H and O–H groups in total. The molecule has 7 nitrogen and oxygen atoms in total. The van der Waals surface area contributed by atoms with Crippen molar-refractivity contribution in [2.45, 2.75) is 38.4 Å². The lowest BCUT2D eigenvalue weighted by Crippen LogP contribution is -2.37. The summed E-state index contributed by atoms with van der Waals surface area (Å²) in [5.74, 6) is 2.69. The van der Waals surface area contributed by atoms with Gasteiger partial charge in [-0.25, -0.2) is 9.97 Å². The highest BCUT2D eigenvalue weighted by Crippen LogP contribution is 2.28. The second-order valence-corrected chi connectivity index (χ2v) is 8.91. The van der Waals surface area contributed by atoms with E-state index in [1.165, 1.54) is 11.8 Å². The molecule has 0 spiro atoms. The summed E-state index contributed by atoms with van der Waals surface area (Å²) in [4.78, 5) is 23.0. The summed E-state index contributed by atoms with van der Waals surface area (Å²) < 4.78 is 10.7. The van der Waals surface area contributed by atoms with E-state index < -0.39 is 0 Å². The van der Waals surface area contributed by atoms with E-state index in [1.807, 2.05) is 37.1 Å². The molecular weight excluding hydrogens is 436 g/mol. The molecule has 31 heavy (non-hydrogen) atoms. The van der Waals surface area contributed by atoms with E-state index in [4.69, 9.17) is 21.1 Å². The molecule has 2 rings (SSSR count). The van der Waals surface area contributed by atoms with Crippen molar-refractivity contribution in [2.75, 3.05) is 38.5 Å². The Morgan fingerprint density at radius 3 is 2.52 bits per heavy atom. The number of nitrogens with one attached hydrogen (secondary N) is 1. The molecule has 0 bridgehead atoms. The van der Waals surface area contributed by atoms with Crippen LogP contribution in [0, 0.1) is 5.92 Å². The third-order valence-corrected chi connectivity index (χ3v) is 6.00. The maximum absolute atomic E-state index is 12.1. The lowest BCUT2D eigenvalue weighted by Gasteiger charge is -2.19. The average molecular weight is 467 g/mol. The van der Waals surface area contributed by atoms with Crippen molar-refractivity contribution in [3.05, 3.63) is 35.0 Å². The Bertz CT molecular complexity index is 882. The number of carbonyl (C=O) groups excluding carboxylic acids is 1. The van der Waals surface area contributed by atoms with Crippen molar-refractivity contribution in [3.63, 3.8) is 0 Å². The standard InChI is InChI=1S/C22H31ClN4O3S/c1-14(2)15(3)24-21(28)13-31-22-25-19(23)12-20(26-22)27(4)10-9-16-7-8-17(29-5)18(11-16)30-6/h7-8,11-12,14-15H,9-10,13H2,1-6H3,(H,24,28). The van der Waals surface area contributed by atoms with Crippen LogP contribution < -0.4 is 19.7 Å². The lowest BCUT2D eigenvalue weighted by atomic mass is 10.1. The molecule has 0 aliphatic rings. The van der Waals surface area contributed by atoms with Crippen molar-refractivity contribution in [2.24, 2.45) is 5.92 Å². The number of thioether (sulfide) groups is 1. The van der Waals surface area contributed by atoms with Crippen LogP contribution in [0.1, 0.15) is 26.3 Å². The number of nitrogens with zero attached hydrogens (tertiary/aromatic N) is 3. The number of hydrogen-bond donors (Lipinski definition) is 1. The number of carbonyl (C=O) groups is 1. The molecule has 1 heterocycles. The van der Waals surface area contributed by atoms with E-state index in [1.54, 1.807) is 20.3 Å². The second kappa shape index (κ2) is 12.0. The van der Waals surface area contributed by atoms with Crippen molar-refractivity contribution < 1.29 is 14.3 Å². The maximum atomic E-state index is 12.1. The number of aromatic nitrogens is 2. The minimum atomic E-state index is -0.0434. The zero-order valence-electron chi connectivity index (χ0n) is 18.9. The minimum Gasteiger partial charge on any atom is -0.493 e. The highest BCUT2D eigenvalue weighted by Gasteiger charge is 2.14. The van der Waals surface area contributed by atoms with E-state index in [0.717, 1.165) is 18.5 Å². The summed E-state index contributed by atoms with van der Waals surface area (Å²) in [5.41, 5.74) is 1.12. The third-order valence-electron chi connectivity index (χ3n) is 4.96. The fourth-order valence-electron chi connectivity index (χ4n) is 2.69. The monoisotopic (exact) mass is 466 g/mol. The van der Waals surface area contributed by atoms with Gasteiger partial charge in [0.2, 0.25) is 5.91 Å². The molecule has 2 aromatic rings. The normalized spacial score (nSPS) is 11.9. The molecule has 1 amide bonds. The molecule has 0 fully saturated rings. The van der Waals surface area contributed by atoms with Crippen LogP contribution in [0.15, 0.2) is 29.4 Å². The van der Waals surface area contributed by atoms with Crippen LogP contribution in [0.5, 0.6) is 11.5 Å². The van der Waals surface area contributed by atoms with Gasteiger partial charge in [0.1, 0.15) is 11.0 Å². The number of methoxy groups -OCH3 is 2. The van der Waals surface area contributed by atoms with E-state index in [2.05, 4.69) is 29.1 Å². The number of amides is 1. The summed E-state index contributed by atoms with van der Waals surface area (Å²) in [7, 11) is 5.19. The Hall–Kier alpha value is -2.19. The number of ether oxygens (including phenoxy) is 2. The summed E-state index contributed by atoms with van der Waals surface area (Å²) in [5, 5.41) is 3.81. The molecule has 1 aromatic heterocycles. The fourth-order valence-corrected chi connectivity index (χ4v) is 3.58. The SMILES string of the molecule is COc1ccc(CCN(C)c2cc(Cl)nc(SCC(=O)NC(C)C(C)C)n2)cc1OC. The Kier molecular flexibility index (Phi) is 9.71. The maximum Gasteiger partial charge on any atom is 0.230 e. The van der Waals surface area contributed by atoms with E-state index in [0.29, 0.717) is 33.5 Å². The third kappa shape index (κ3) is 7.78. The Morgan fingerprint density at radius 2 is 1.87 bits per heavy atom. The zero-order valence-corrected chi connectivity index (χ0v) is 20.5. The van der Waals surface area contributed by atoms with Gasteiger partial charge in [0, 0.05) is 25.7 Å². The van der Waals surface area contributed by atoms with Gasteiger partial charge < -0.3 is 19.7 Å². The second-order valence-electron chi connectivity index (χ2n) is 7.58. The first-order valence-electron chi connectivity index (χ1n) is 10.1. The van der Waals surface area contributed by atoms with Crippen molar-refractivity contribution >= 4 is 35.1 Å². The molecule has 0 radical (unpaired) electrons. The van der Waals surface area contributed by atoms with Crippen LogP contribution in [-0.2, 0) is 11.2 Å². The fraction of sp³-hybridized carbons (Fsp3) is 0.500. The lowest BCUT2D eigenvalue weighted by molar-refractivity contribution is -0.119. The summed E-state index contributed by atoms with van der Waals surface area (Å²) >= 11 is 7.48. The van der Waals surface area contributed by atoms with Gasteiger partial charge in [0.25, 0.3) is 0 Å². The molecule has 0 aliphatic heterocycles. The first kappa shape index (κ1) is 25.1. The molecule has 0 aliphatic carbocycles. The van der Waals surface area contributed by atoms with Gasteiger partial charge in [-0.1, -0.05) is 43.3 Å². The molecule has 1 aromatic carbocycles. The van der Waals surface area contributed by atoms with Gasteiger partial charge in [-0.05, 0) is 37.0 Å². The average Bonchev–Trinajstić information content (AvgIpc) is 2.75. The summed E-state index contributed by atoms with van der Waals surface area (Å²) in [6.45, 7) is 6.86. The first-order valence-corrected chi connectivity index (χ1v) is 11.5. The Labute approximate surface area is 193 Å². The number of hydrogen-bond acceptors (Lipinski definition) is 7. The predicted octanol–water partition coefficient (Wildman–Crippen LogP) is 4.08. The molecule has 170 valence electrons. The number of halogens is 1. The van der Waals surface area contributed by atoms with Crippen LogP contribution in [0.25, 0.3) is 0 Å². The highest BCUT2D eigenvalue weighted by molar-refractivity contribution is 7.99. The topological polar surface area (TPSA) is 76.6 Å². The number of rotatable bonds is 11. The van der Waals surface area contributed by atoms with Crippen LogP contribution in [0.3, 0.4) is 0 Å². The summed E-state index contributed by atoms with van der Waals surface area (Å²) in [6.07, 6.45) is 0.788. The predicted molar refractivity (Wildman–Crippen MR) is 127 cm³/mol. The van der Waals surface area contributed by atoms with Gasteiger partial charge in [-0.3, -0.25) is 4.79 Å². The number of anilines is 1. The highest BCUT2D eigenvalue weighted by atomic mass is 35.5. The smallest absolute Gasteiger partial charge is 0.230 e. The van der Waals surface area contributed by atoms with E-state index in [-0.39, 0.29) is 17.7 Å². The van der Waals surface area contributed by atoms with Gasteiger partial charge in [0.15, 0.2) is 16.7 Å². The molecule has 9 heteroatoms. The quantitative estimate of drug-likeness (QED) is 0.303. The van der Waals surface area contributed by atoms with Crippen molar-refractivity contribution in [1.82, 2.24) is 15.3 Å². The number of likely N-dealkylation sites (N-methyl/N-ethyl adjacent to an activating group) is 1. The molecule has 0 saturated carbocycles. The number of benzene rings is 1. The molecule has 0 saturated heterocycles. The van der Waals surface area contributed by atoms with Gasteiger partial charge >= 0.3 is 0 Å². The van der Waals surface area contributed by atoms with Gasteiger partial charge in [-0.2, -0.15) is 0 Å². The first-order chi connectivity index (χ1) is 14.7. The van der Waals surface area contributed by atoms with Crippen molar-refractivity contribution in [3.8, 4) is 11.5 Å². The van der Waals surface area contributed by atoms with Gasteiger partial charge in [-0.15, -0.1) is 0 Å². The van der Waals surface area contributed by atoms with Crippen LogP contribution in [-0.4, -0.2) is 55.5 Å². The minimum absolute atomic E-state index is 0.0434. The van der Waals surface area contributed by atoms with Crippen molar-refractivity contribution in [1.29, 1.82) is 0 Å². The van der Waals surface area contributed by atoms with Crippen LogP contribution in [0.4, 0.5) is 5.82 Å². The van der Waals surface area contributed by atoms with Crippen LogP contribution in [0.2, 0.25) is 5.15 Å². The summed E-state index contributed by atoms with van der Waals surface area (Å²) in [6, 6.07) is 7.72. The zero-order chi connectivity index (χ0) is 23.0. The van der Waals surface area contributed by atoms with Crippen LogP contribution >= 0.6 is 23.4 Å². The Morgan fingerprint density at radius 1 is 1.16 bits per heavy atom. The molecule has 1 unspecified atom stereocenters. The van der Waals surface area contributed by atoms with Gasteiger partial charge in [0.05, 0.1) is 20.0 Å².